The van der Waals surface area contributed by atoms with Gasteiger partial charge in [-0.1, -0.05) is 30.3 Å². The lowest BCUT2D eigenvalue weighted by molar-refractivity contribution is 0.862. The van der Waals surface area contributed by atoms with Crippen molar-refractivity contribution in [2.75, 3.05) is 19.0 Å². The van der Waals surface area contributed by atoms with Gasteiger partial charge in [0, 0.05) is 19.7 Å². The van der Waals surface area contributed by atoms with Crippen molar-refractivity contribution < 1.29 is 0 Å². The fourth-order valence-corrected chi connectivity index (χ4v) is 1.39. The maximum absolute atomic E-state index is 4.07. The van der Waals surface area contributed by atoms with Crippen LogP contribution >= 0.6 is 0 Å². The third kappa shape index (κ3) is 1.93. The molecule has 0 unspecified atom stereocenters. The van der Waals surface area contributed by atoms with Crippen molar-refractivity contribution in [2.45, 2.75) is 0 Å². The molecule has 0 bridgehead atoms. The molecule has 0 aliphatic rings. The molecule has 0 aliphatic heterocycles. The minimum Gasteiger partial charge on any atom is -0.375 e. The first-order chi connectivity index (χ1) is 7.29. The normalized spacial score (nSPS) is 10.0. The molecule has 0 atom stereocenters. The van der Waals surface area contributed by atoms with Crippen molar-refractivity contribution in [3.05, 3.63) is 36.5 Å². The Morgan fingerprint density at radius 1 is 1.07 bits per heavy atom. The molecule has 4 nitrogen and oxygen atoms in total. The van der Waals surface area contributed by atoms with Crippen LogP contribution in [0.2, 0.25) is 0 Å². The highest BCUT2D eigenvalue weighted by Gasteiger charge is 2.08. The van der Waals surface area contributed by atoms with Crippen LogP contribution in [0.1, 0.15) is 0 Å². The van der Waals surface area contributed by atoms with Crippen LogP contribution in [0, 0.1) is 0 Å². The topological polar surface area (TPSA) is 41.9 Å². The summed E-state index contributed by atoms with van der Waals surface area (Å²) in [5, 5.41) is 11.5. The number of rotatable bonds is 2. The number of anilines is 1. The van der Waals surface area contributed by atoms with Crippen molar-refractivity contribution in [3.63, 3.8) is 0 Å². The molecule has 0 aliphatic carbocycles. The zero-order valence-electron chi connectivity index (χ0n) is 8.75. The van der Waals surface area contributed by atoms with Gasteiger partial charge in [0.2, 0.25) is 0 Å². The highest BCUT2D eigenvalue weighted by atomic mass is 15.3. The van der Waals surface area contributed by atoms with Gasteiger partial charge in [-0.3, -0.25) is 0 Å². The Balaban J connectivity index is 2.53. The second-order valence-corrected chi connectivity index (χ2v) is 3.43. The molecule has 0 saturated carbocycles. The SMILES string of the molecule is CN(C)c1cnnnc1-c1ccccc1. The molecule has 0 fully saturated rings. The quantitative estimate of drug-likeness (QED) is 0.738. The zero-order chi connectivity index (χ0) is 10.7. The molecule has 4 heteroatoms. The predicted molar refractivity (Wildman–Crippen MR) is 59.6 cm³/mol. The van der Waals surface area contributed by atoms with Crippen LogP contribution in [-0.2, 0) is 0 Å². The van der Waals surface area contributed by atoms with Gasteiger partial charge in [0.1, 0.15) is 5.69 Å². The first-order valence-electron chi connectivity index (χ1n) is 4.70. The standard InChI is InChI=1S/C11H12N4/c1-15(2)10-8-12-14-13-11(10)9-6-4-3-5-7-9/h3-8H,1-2H3. The van der Waals surface area contributed by atoms with Crippen LogP contribution in [0.15, 0.2) is 36.5 Å². The number of nitrogens with zero attached hydrogens (tertiary/aromatic N) is 4. The summed E-state index contributed by atoms with van der Waals surface area (Å²) < 4.78 is 0. The van der Waals surface area contributed by atoms with Gasteiger partial charge >= 0.3 is 0 Å². The van der Waals surface area contributed by atoms with Gasteiger partial charge in [-0.25, -0.2) is 0 Å². The Morgan fingerprint density at radius 3 is 2.47 bits per heavy atom. The van der Waals surface area contributed by atoms with Crippen LogP contribution in [0.3, 0.4) is 0 Å². The minimum absolute atomic E-state index is 0.857. The van der Waals surface area contributed by atoms with Crippen molar-refractivity contribution in [1.29, 1.82) is 0 Å². The number of aromatic nitrogens is 3. The van der Waals surface area contributed by atoms with Crippen molar-refractivity contribution in [2.24, 2.45) is 0 Å². The predicted octanol–water partition coefficient (Wildman–Crippen LogP) is 1.60. The molecule has 2 aromatic rings. The molecule has 1 aromatic heterocycles. The van der Waals surface area contributed by atoms with Crippen LogP contribution in [0.5, 0.6) is 0 Å². The molecule has 0 radical (unpaired) electrons. The van der Waals surface area contributed by atoms with E-state index in [1.807, 2.05) is 49.3 Å². The van der Waals surface area contributed by atoms with Gasteiger partial charge in [0.25, 0.3) is 0 Å². The van der Waals surface area contributed by atoms with Crippen LogP contribution < -0.4 is 4.90 Å². The third-order valence-electron chi connectivity index (χ3n) is 2.15. The summed E-state index contributed by atoms with van der Waals surface area (Å²) in [6.45, 7) is 0. The fraction of sp³-hybridized carbons (Fsp3) is 0.182. The summed E-state index contributed by atoms with van der Waals surface area (Å²) in [5.74, 6) is 0. The van der Waals surface area contributed by atoms with Gasteiger partial charge in [-0.15, -0.1) is 10.2 Å². The van der Waals surface area contributed by atoms with E-state index in [9.17, 15) is 0 Å². The lowest BCUT2D eigenvalue weighted by atomic mass is 10.1. The first-order valence-corrected chi connectivity index (χ1v) is 4.70. The summed E-state index contributed by atoms with van der Waals surface area (Å²) in [5.41, 5.74) is 2.88. The average Bonchev–Trinajstić information content (AvgIpc) is 2.30. The molecular formula is C11H12N4. The smallest absolute Gasteiger partial charge is 0.120 e. The Labute approximate surface area is 88.6 Å². The Hall–Kier alpha value is -1.97. The maximum Gasteiger partial charge on any atom is 0.120 e. The molecule has 1 aromatic carbocycles. The van der Waals surface area contributed by atoms with Crippen LogP contribution in [0.4, 0.5) is 5.69 Å². The first kappa shape index (κ1) is 9.58. The minimum atomic E-state index is 0.857. The highest BCUT2D eigenvalue weighted by Crippen LogP contribution is 2.25. The summed E-state index contributed by atoms with van der Waals surface area (Å²) in [7, 11) is 3.93. The fourth-order valence-electron chi connectivity index (χ4n) is 1.39. The van der Waals surface area contributed by atoms with E-state index in [4.69, 9.17) is 0 Å². The van der Waals surface area contributed by atoms with E-state index in [0.29, 0.717) is 0 Å². The van der Waals surface area contributed by atoms with E-state index in [2.05, 4.69) is 15.4 Å². The number of hydrogen-bond donors (Lipinski definition) is 0. The van der Waals surface area contributed by atoms with Crippen molar-refractivity contribution >= 4 is 5.69 Å². The van der Waals surface area contributed by atoms with Gasteiger partial charge in [0.15, 0.2) is 0 Å². The van der Waals surface area contributed by atoms with Gasteiger partial charge in [-0.05, 0) is 5.21 Å². The summed E-state index contributed by atoms with van der Waals surface area (Å²) in [6, 6.07) is 9.97. The summed E-state index contributed by atoms with van der Waals surface area (Å²) in [6.07, 6.45) is 1.72. The number of hydrogen-bond acceptors (Lipinski definition) is 4. The molecule has 15 heavy (non-hydrogen) atoms. The molecular weight excluding hydrogens is 188 g/mol. The van der Waals surface area contributed by atoms with E-state index in [1.54, 1.807) is 6.20 Å². The van der Waals surface area contributed by atoms with E-state index >= 15 is 0 Å². The lowest BCUT2D eigenvalue weighted by Crippen LogP contribution is -2.12. The maximum atomic E-state index is 4.07. The van der Waals surface area contributed by atoms with Crippen LogP contribution in [-0.4, -0.2) is 29.5 Å². The third-order valence-corrected chi connectivity index (χ3v) is 2.15. The van der Waals surface area contributed by atoms with Gasteiger partial charge in [0.05, 0.1) is 11.9 Å². The average molecular weight is 200 g/mol. The molecule has 76 valence electrons. The van der Waals surface area contributed by atoms with Crippen molar-refractivity contribution in [3.8, 4) is 11.3 Å². The lowest BCUT2D eigenvalue weighted by Gasteiger charge is -2.14. The van der Waals surface area contributed by atoms with Gasteiger partial charge in [-0.2, -0.15) is 0 Å². The van der Waals surface area contributed by atoms with E-state index in [1.165, 1.54) is 0 Å². The largest absolute Gasteiger partial charge is 0.375 e. The van der Waals surface area contributed by atoms with Crippen LogP contribution in [0.25, 0.3) is 11.3 Å². The second-order valence-electron chi connectivity index (χ2n) is 3.43. The van der Waals surface area contributed by atoms with Gasteiger partial charge < -0.3 is 4.90 Å². The zero-order valence-corrected chi connectivity index (χ0v) is 8.75. The number of benzene rings is 1. The van der Waals surface area contributed by atoms with E-state index in [-0.39, 0.29) is 0 Å². The highest BCUT2D eigenvalue weighted by molar-refractivity contribution is 5.73. The monoisotopic (exact) mass is 200 g/mol. The van der Waals surface area contributed by atoms with E-state index < -0.39 is 0 Å². The molecule has 2 rings (SSSR count). The molecule has 0 spiro atoms. The van der Waals surface area contributed by atoms with E-state index in [0.717, 1.165) is 16.9 Å². The Bertz CT molecular complexity index is 439. The molecule has 0 N–H and O–H groups in total. The summed E-state index contributed by atoms with van der Waals surface area (Å²) in [4.78, 5) is 1.98. The summed E-state index contributed by atoms with van der Waals surface area (Å²) >= 11 is 0. The Morgan fingerprint density at radius 2 is 1.80 bits per heavy atom. The second kappa shape index (κ2) is 4.04. The molecule has 0 amide bonds. The van der Waals surface area contributed by atoms with Crippen molar-refractivity contribution in [1.82, 2.24) is 15.4 Å². The Kier molecular flexibility index (Phi) is 2.58. The molecule has 1 heterocycles. The molecule has 0 saturated heterocycles.